The first kappa shape index (κ1) is 13.9. The van der Waals surface area contributed by atoms with Crippen molar-refractivity contribution in [3.05, 3.63) is 56.7 Å². The Hall–Kier alpha value is -2.48. The Kier molecular flexibility index (Phi) is 3.94. The van der Waals surface area contributed by atoms with Crippen LogP contribution in [0.25, 0.3) is 0 Å². The number of carbonyl (C=O) groups excluding carboxylic acids is 1. The van der Waals surface area contributed by atoms with Crippen LogP contribution < -0.4 is 5.32 Å². The van der Waals surface area contributed by atoms with Gasteiger partial charge in [-0.3, -0.25) is 14.9 Å². The SMILES string of the molecule is O=C(Nc1ncc([N+](=O)[O-])cc1O)c1ccccc1Br. The number of halogens is 1. The molecule has 1 aromatic carbocycles. The number of hydrogen-bond acceptors (Lipinski definition) is 5. The lowest BCUT2D eigenvalue weighted by Gasteiger charge is -2.07. The molecule has 2 rings (SSSR count). The van der Waals surface area contributed by atoms with Crippen molar-refractivity contribution in [2.24, 2.45) is 0 Å². The van der Waals surface area contributed by atoms with E-state index in [1.165, 1.54) is 0 Å². The molecule has 0 unspecified atom stereocenters. The molecule has 0 aliphatic heterocycles. The van der Waals surface area contributed by atoms with E-state index in [-0.39, 0.29) is 11.5 Å². The molecular weight excluding hydrogens is 330 g/mol. The molecular formula is C12H8BrN3O4. The average Bonchev–Trinajstić information content (AvgIpc) is 2.41. The molecule has 0 aliphatic carbocycles. The molecule has 0 atom stereocenters. The van der Waals surface area contributed by atoms with E-state index < -0.39 is 16.6 Å². The second-order valence-electron chi connectivity index (χ2n) is 3.75. The van der Waals surface area contributed by atoms with Crippen LogP contribution in [-0.2, 0) is 0 Å². The molecule has 1 heterocycles. The molecule has 0 saturated heterocycles. The lowest BCUT2D eigenvalue weighted by Crippen LogP contribution is -2.13. The Labute approximate surface area is 121 Å². The zero-order valence-electron chi connectivity index (χ0n) is 9.91. The fraction of sp³-hybridized carbons (Fsp3) is 0. The summed E-state index contributed by atoms with van der Waals surface area (Å²) in [7, 11) is 0. The minimum absolute atomic E-state index is 0.142. The van der Waals surface area contributed by atoms with Gasteiger partial charge in [0.05, 0.1) is 16.6 Å². The van der Waals surface area contributed by atoms with E-state index in [4.69, 9.17) is 0 Å². The van der Waals surface area contributed by atoms with Gasteiger partial charge in [0, 0.05) is 4.47 Å². The molecule has 1 amide bonds. The van der Waals surface area contributed by atoms with E-state index in [2.05, 4.69) is 26.2 Å². The average molecular weight is 338 g/mol. The van der Waals surface area contributed by atoms with Crippen molar-refractivity contribution in [3.63, 3.8) is 0 Å². The molecule has 20 heavy (non-hydrogen) atoms. The number of nitrogens with zero attached hydrogens (tertiary/aromatic N) is 2. The number of nitrogens with one attached hydrogen (secondary N) is 1. The predicted molar refractivity (Wildman–Crippen MR) is 74.7 cm³/mol. The van der Waals surface area contributed by atoms with Gasteiger partial charge in [-0.25, -0.2) is 4.98 Å². The van der Waals surface area contributed by atoms with Gasteiger partial charge in [0.2, 0.25) is 0 Å². The zero-order valence-corrected chi connectivity index (χ0v) is 11.5. The van der Waals surface area contributed by atoms with E-state index in [9.17, 15) is 20.0 Å². The van der Waals surface area contributed by atoms with Gasteiger partial charge in [-0.2, -0.15) is 0 Å². The molecule has 0 radical (unpaired) electrons. The number of hydrogen-bond donors (Lipinski definition) is 2. The maximum atomic E-state index is 12.0. The van der Waals surface area contributed by atoms with Gasteiger partial charge >= 0.3 is 0 Å². The lowest BCUT2D eigenvalue weighted by molar-refractivity contribution is -0.385. The molecule has 0 aliphatic rings. The summed E-state index contributed by atoms with van der Waals surface area (Å²) in [5, 5.41) is 22.5. The van der Waals surface area contributed by atoms with E-state index in [1.54, 1.807) is 24.3 Å². The number of pyridine rings is 1. The van der Waals surface area contributed by atoms with Gasteiger partial charge in [-0.15, -0.1) is 0 Å². The molecule has 8 heteroatoms. The van der Waals surface area contributed by atoms with Crippen LogP contribution in [0, 0.1) is 10.1 Å². The van der Waals surface area contributed by atoms with Crippen molar-refractivity contribution in [3.8, 4) is 5.75 Å². The number of amides is 1. The molecule has 0 spiro atoms. The highest BCUT2D eigenvalue weighted by molar-refractivity contribution is 9.10. The number of aromatic hydroxyl groups is 1. The van der Waals surface area contributed by atoms with E-state index in [0.29, 0.717) is 10.0 Å². The molecule has 102 valence electrons. The summed E-state index contributed by atoms with van der Waals surface area (Å²) in [6, 6.07) is 7.63. The van der Waals surface area contributed by atoms with Crippen molar-refractivity contribution < 1.29 is 14.8 Å². The Morgan fingerprint density at radius 1 is 1.40 bits per heavy atom. The van der Waals surface area contributed by atoms with Gasteiger partial charge in [0.25, 0.3) is 11.6 Å². The van der Waals surface area contributed by atoms with Gasteiger partial charge in [-0.05, 0) is 28.1 Å². The second kappa shape index (κ2) is 5.66. The van der Waals surface area contributed by atoms with E-state index >= 15 is 0 Å². The number of nitro groups is 1. The molecule has 0 bridgehead atoms. The molecule has 7 nitrogen and oxygen atoms in total. The topological polar surface area (TPSA) is 105 Å². The highest BCUT2D eigenvalue weighted by atomic mass is 79.9. The Bertz CT molecular complexity index is 690. The minimum atomic E-state index is -0.688. The number of aromatic nitrogens is 1. The highest BCUT2D eigenvalue weighted by Gasteiger charge is 2.15. The van der Waals surface area contributed by atoms with Gasteiger partial charge in [0.1, 0.15) is 6.20 Å². The van der Waals surface area contributed by atoms with E-state index in [0.717, 1.165) is 12.3 Å². The van der Waals surface area contributed by atoms with Crippen molar-refractivity contribution in [2.45, 2.75) is 0 Å². The first-order valence-corrected chi connectivity index (χ1v) is 6.17. The van der Waals surface area contributed by atoms with Crippen molar-refractivity contribution in [1.29, 1.82) is 0 Å². The fourth-order valence-electron chi connectivity index (χ4n) is 1.46. The molecule has 2 N–H and O–H groups in total. The second-order valence-corrected chi connectivity index (χ2v) is 4.61. The largest absolute Gasteiger partial charge is 0.504 e. The smallest absolute Gasteiger partial charge is 0.291 e. The van der Waals surface area contributed by atoms with Crippen molar-refractivity contribution >= 4 is 33.3 Å². The Morgan fingerprint density at radius 3 is 2.70 bits per heavy atom. The lowest BCUT2D eigenvalue weighted by atomic mass is 10.2. The summed E-state index contributed by atoms with van der Waals surface area (Å²) in [5.74, 6) is -1.11. The van der Waals surface area contributed by atoms with Crippen LogP contribution in [0.1, 0.15) is 10.4 Å². The summed E-state index contributed by atoms with van der Waals surface area (Å²) < 4.78 is 0.582. The summed E-state index contributed by atoms with van der Waals surface area (Å²) >= 11 is 3.23. The third kappa shape index (κ3) is 2.91. The van der Waals surface area contributed by atoms with Gasteiger partial charge in [0.15, 0.2) is 11.6 Å². The van der Waals surface area contributed by atoms with E-state index in [1.807, 2.05) is 0 Å². The number of carbonyl (C=O) groups is 1. The highest BCUT2D eigenvalue weighted by Crippen LogP contribution is 2.26. The minimum Gasteiger partial charge on any atom is -0.504 e. The third-order valence-corrected chi connectivity index (χ3v) is 3.11. The molecule has 0 fully saturated rings. The predicted octanol–water partition coefficient (Wildman–Crippen LogP) is 2.71. The Morgan fingerprint density at radius 2 is 2.10 bits per heavy atom. The monoisotopic (exact) mass is 337 g/mol. The summed E-state index contributed by atoms with van der Waals surface area (Å²) in [5.41, 5.74) is -0.00607. The molecule has 2 aromatic rings. The maximum absolute atomic E-state index is 12.0. The van der Waals surface area contributed by atoms with Gasteiger partial charge < -0.3 is 10.4 Å². The maximum Gasteiger partial charge on any atom is 0.291 e. The third-order valence-electron chi connectivity index (χ3n) is 2.41. The zero-order chi connectivity index (χ0) is 14.7. The normalized spacial score (nSPS) is 10.1. The quantitative estimate of drug-likeness (QED) is 0.661. The van der Waals surface area contributed by atoms with Gasteiger partial charge in [-0.1, -0.05) is 12.1 Å². The van der Waals surface area contributed by atoms with Crippen LogP contribution in [0.2, 0.25) is 0 Å². The summed E-state index contributed by atoms with van der Waals surface area (Å²) in [6.07, 6.45) is 0.954. The number of anilines is 1. The van der Waals surface area contributed by atoms with Crippen LogP contribution in [0.5, 0.6) is 5.75 Å². The van der Waals surface area contributed by atoms with Crippen LogP contribution in [0.15, 0.2) is 41.0 Å². The first-order valence-electron chi connectivity index (χ1n) is 5.38. The Balaban J connectivity index is 2.25. The van der Waals surface area contributed by atoms with Crippen molar-refractivity contribution in [1.82, 2.24) is 4.98 Å². The van der Waals surface area contributed by atoms with Crippen molar-refractivity contribution in [2.75, 3.05) is 5.32 Å². The van der Waals surface area contributed by atoms with Crippen LogP contribution in [-0.4, -0.2) is 20.9 Å². The number of rotatable bonds is 3. The summed E-state index contributed by atoms with van der Waals surface area (Å²) in [4.78, 5) is 25.5. The molecule has 0 saturated carbocycles. The fourth-order valence-corrected chi connectivity index (χ4v) is 1.92. The number of benzene rings is 1. The molecule has 1 aromatic heterocycles. The standard InChI is InChI=1S/C12H8BrN3O4/c13-9-4-2-1-3-8(9)12(18)15-11-10(17)5-7(6-14-11)16(19)20/h1-6,17H,(H,14,15,18). The summed E-state index contributed by atoms with van der Waals surface area (Å²) in [6.45, 7) is 0. The van der Waals surface area contributed by atoms with Crippen LogP contribution >= 0.6 is 15.9 Å². The van der Waals surface area contributed by atoms with Crippen LogP contribution in [0.4, 0.5) is 11.5 Å². The van der Waals surface area contributed by atoms with Crippen LogP contribution in [0.3, 0.4) is 0 Å². The first-order chi connectivity index (χ1) is 9.49.